The molecule has 0 saturated heterocycles. The summed E-state index contributed by atoms with van der Waals surface area (Å²) < 4.78 is 4.88. The van der Waals surface area contributed by atoms with Crippen LogP contribution in [0.2, 0.25) is 0 Å². The Hall–Kier alpha value is -3.13. The maximum atomic E-state index is 11.5. The molecule has 112 valence electrons. The second-order valence-electron chi connectivity index (χ2n) is 4.08. The van der Waals surface area contributed by atoms with E-state index in [9.17, 15) is 9.59 Å². The van der Waals surface area contributed by atoms with Crippen molar-refractivity contribution in [3.05, 3.63) is 65.3 Å². The summed E-state index contributed by atoms with van der Waals surface area (Å²) in [7, 11) is 0. The van der Waals surface area contributed by atoms with Crippen molar-refractivity contribution in [3.63, 3.8) is 0 Å². The summed E-state index contributed by atoms with van der Waals surface area (Å²) in [6.07, 6.45) is 7.78. The number of nitrogens with zero attached hydrogens (tertiary/aromatic N) is 1. The van der Waals surface area contributed by atoms with E-state index in [2.05, 4.69) is 0 Å². The average molecular weight is 297 g/mol. The minimum atomic E-state index is -1.26. The summed E-state index contributed by atoms with van der Waals surface area (Å²) in [5.74, 6) is -1.62. The summed E-state index contributed by atoms with van der Waals surface area (Å²) >= 11 is 0. The topological polar surface area (TPSA) is 87.4 Å². The highest BCUT2D eigenvalue weighted by atomic mass is 16.5. The molecule has 5 nitrogen and oxygen atoms in total. The standard InChI is InChI=1S/C17H15NO4/c1-2-22-17(21)14-10-8-13(9-11-14)6-4-3-5-7-15(12-18)16(19)20/h3-11H,2H2,1H3,(H,19,20). The van der Waals surface area contributed by atoms with E-state index in [0.29, 0.717) is 12.2 Å². The van der Waals surface area contributed by atoms with Crippen LogP contribution in [-0.4, -0.2) is 23.7 Å². The zero-order valence-electron chi connectivity index (χ0n) is 12.0. The number of carboxylic acid groups (broad SMARTS) is 1. The van der Waals surface area contributed by atoms with Gasteiger partial charge in [-0.15, -0.1) is 0 Å². The number of carbonyl (C=O) groups excluding carboxylic acids is 1. The van der Waals surface area contributed by atoms with Crippen LogP contribution in [0.25, 0.3) is 6.08 Å². The van der Waals surface area contributed by atoms with Gasteiger partial charge < -0.3 is 9.84 Å². The molecule has 0 heterocycles. The van der Waals surface area contributed by atoms with Crippen LogP contribution in [0.4, 0.5) is 0 Å². The lowest BCUT2D eigenvalue weighted by Crippen LogP contribution is -2.03. The maximum Gasteiger partial charge on any atom is 0.346 e. The van der Waals surface area contributed by atoms with Gasteiger partial charge in [-0.1, -0.05) is 36.4 Å². The van der Waals surface area contributed by atoms with E-state index in [1.807, 2.05) is 0 Å². The lowest BCUT2D eigenvalue weighted by molar-refractivity contribution is -0.132. The van der Waals surface area contributed by atoms with Crippen LogP contribution in [-0.2, 0) is 9.53 Å². The fourth-order valence-electron chi connectivity index (χ4n) is 1.48. The normalized spacial score (nSPS) is 11.5. The average Bonchev–Trinajstić information content (AvgIpc) is 2.51. The molecule has 1 rings (SSSR count). The van der Waals surface area contributed by atoms with E-state index >= 15 is 0 Å². The molecule has 1 N–H and O–H groups in total. The zero-order chi connectivity index (χ0) is 16.4. The number of aliphatic carboxylic acids is 1. The van der Waals surface area contributed by atoms with E-state index in [4.69, 9.17) is 15.1 Å². The zero-order valence-corrected chi connectivity index (χ0v) is 12.0. The van der Waals surface area contributed by atoms with Gasteiger partial charge in [0.2, 0.25) is 0 Å². The predicted molar refractivity (Wildman–Crippen MR) is 81.9 cm³/mol. The minimum absolute atomic E-state index is 0.330. The van der Waals surface area contributed by atoms with Crippen molar-refractivity contribution in [3.8, 4) is 6.07 Å². The Bertz CT molecular complexity index is 661. The number of ether oxygens (including phenoxy) is 1. The molecule has 5 heteroatoms. The SMILES string of the molecule is CCOC(=O)c1ccc(C=CC=CC=C(C#N)C(=O)O)cc1. The van der Waals surface area contributed by atoms with Crippen molar-refractivity contribution < 1.29 is 19.4 Å². The van der Waals surface area contributed by atoms with Crippen molar-refractivity contribution in [2.24, 2.45) is 0 Å². The van der Waals surface area contributed by atoms with Gasteiger partial charge in [0, 0.05) is 0 Å². The molecule has 0 bridgehead atoms. The Morgan fingerprint density at radius 1 is 1.23 bits per heavy atom. The highest BCUT2D eigenvalue weighted by Crippen LogP contribution is 2.07. The Kier molecular flexibility index (Phi) is 6.87. The molecule has 0 aliphatic rings. The van der Waals surface area contributed by atoms with E-state index < -0.39 is 5.97 Å². The van der Waals surface area contributed by atoms with Gasteiger partial charge in [-0.05, 0) is 30.7 Å². The highest BCUT2D eigenvalue weighted by molar-refractivity contribution is 5.91. The molecular weight excluding hydrogens is 282 g/mol. The summed E-state index contributed by atoms with van der Waals surface area (Å²) in [4.78, 5) is 22.0. The molecule has 0 radical (unpaired) electrons. The first-order valence-electron chi connectivity index (χ1n) is 6.54. The van der Waals surface area contributed by atoms with Gasteiger partial charge >= 0.3 is 11.9 Å². The maximum absolute atomic E-state index is 11.5. The second kappa shape index (κ2) is 8.93. The van der Waals surface area contributed by atoms with Gasteiger partial charge in [0.1, 0.15) is 11.6 Å². The van der Waals surface area contributed by atoms with Crippen molar-refractivity contribution >= 4 is 18.0 Å². The van der Waals surface area contributed by atoms with Gasteiger partial charge in [0.15, 0.2) is 0 Å². The number of carbonyl (C=O) groups is 2. The van der Waals surface area contributed by atoms with Crippen LogP contribution >= 0.6 is 0 Å². The van der Waals surface area contributed by atoms with E-state index in [0.717, 1.165) is 5.56 Å². The Morgan fingerprint density at radius 3 is 2.45 bits per heavy atom. The van der Waals surface area contributed by atoms with Gasteiger partial charge in [-0.25, -0.2) is 9.59 Å². The molecule has 0 aliphatic heterocycles. The number of hydrogen-bond acceptors (Lipinski definition) is 4. The van der Waals surface area contributed by atoms with Gasteiger partial charge in [-0.3, -0.25) is 0 Å². The van der Waals surface area contributed by atoms with Gasteiger partial charge in [-0.2, -0.15) is 5.26 Å². The van der Waals surface area contributed by atoms with Crippen molar-refractivity contribution in [1.82, 2.24) is 0 Å². The molecule has 0 amide bonds. The molecule has 0 unspecified atom stereocenters. The quantitative estimate of drug-likeness (QED) is 0.377. The number of nitriles is 1. The molecule has 1 aromatic rings. The first kappa shape index (κ1) is 16.9. The lowest BCUT2D eigenvalue weighted by Gasteiger charge is -2.01. The van der Waals surface area contributed by atoms with Crippen LogP contribution in [0.3, 0.4) is 0 Å². The molecule has 22 heavy (non-hydrogen) atoms. The first-order valence-corrected chi connectivity index (χ1v) is 6.54. The van der Waals surface area contributed by atoms with Crippen molar-refractivity contribution in [2.45, 2.75) is 6.92 Å². The van der Waals surface area contributed by atoms with Crippen LogP contribution in [0.1, 0.15) is 22.8 Å². The molecule has 0 fully saturated rings. The Balaban J connectivity index is 2.66. The van der Waals surface area contributed by atoms with Gasteiger partial charge in [0.25, 0.3) is 0 Å². The summed E-state index contributed by atoms with van der Waals surface area (Å²) in [6.45, 7) is 2.08. The molecule has 0 saturated carbocycles. The number of allylic oxidation sites excluding steroid dienone is 4. The highest BCUT2D eigenvalue weighted by Gasteiger charge is 2.04. The lowest BCUT2D eigenvalue weighted by atomic mass is 10.1. The molecule has 1 aromatic carbocycles. The van der Waals surface area contributed by atoms with E-state index in [1.54, 1.807) is 55.5 Å². The van der Waals surface area contributed by atoms with E-state index in [1.165, 1.54) is 12.2 Å². The smallest absolute Gasteiger partial charge is 0.346 e. The predicted octanol–water partition coefficient (Wildman–Crippen LogP) is 2.97. The van der Waals surface area contributed by atoms with Crippen molar-refractivity contribution in [1.29, 1.82) is 5.26 Å². The molecule has 0 atom stereocenters. The van der Waals surface area contributed by atoms with Crippen molar-refractivity contribution in [2.75, 3.05) is 6.61 Å². The number of esters is 1. The number of rotatable bonds is 6. The van der Waals surface area contributed by atoms with Crippen LogP contribution in [0, 0.1) is 11.3 Å². The second-order valence-corrected chi connectivity index (χ2v) is 4.08. The first-order chi connectivity index (χ1) is 10.6. The van der Waals surface area contributed by atoms with Crippen LogP contribution in [0.15, 0.2) is 54.1 Å². The number of benzene rings is 1. The number of hydrogen-bond donors (Lipinski definition) is 1. The Morgan fingerprint density at radius 2 is 1.91 bits per heavy atom. The molecule has 0 aliphatic carbocycles. The Labute approximate surface area is 128 Å². The summed E-state index contributed by atoms with van der Waals surface area (Å²) in [6, 6.07) is 8.45. The van der Waals surface area contributed by atoms with Crippen LogP contribution < -0.4 is 0 Å². The fourth-order valence-corrected chi connectivity index (χ4v) is 1.48. The minimum Gasteiger partial charge on any atom is -0.477 e. The molecule has 0 spiro atoms. The molecule has 0 aromatic heterocycles. The molecular formula is C17H15NO4. The largest absolute Gasteiger partial charge is 0.477 e. The summed E-state index contributed by atoms with van der Waals surface area (Å²) in [5.41, 5.74) is 1.03. The third kappa shape index (κ3) is 5.47. The fraction of sp³-hybridized carbons (Fsp3) is 0.118. The van der Waals surface area contributed by atoms with E-state index in [-0.39, 0.29) is 11.5 Å². The third-order valence-corrected chi connectivity index (χ3v) is 2.55. The van der Waals surface area contributed by atoms with Gasteiger partial charge in [0.05, 0.1) is 12.2 Å². The number of carboxylic acids is 1. The summed E-state index contributed by atoms with van der Waals surface area (Å²) in [5, 5.41) is 17.2. The van der Waals surface area contributed by atoms with Crippen LogP contribution in [0.5, 0.6) is 0 Å². The third-order valence-electron chi connectivity index (χ3n) is 2.55. The monoisotopic (exact) mass is 297 g/mol.